The van der Waals surface area contributed by atoms with Crippen molar-refractivity contribution in [2.24, 2.45) is 0 Å². The van der Waals surface area contributed by atoms with Crippen LogP contribution >= 0.6 is 0 Å². The number of carbonyl (C=O) groups is 1. The molecular formula is C20H16O2. The van der Waals surface area contributed by atoms with Crippen LogP contribution in [0.2, 0.25) is 0 Å². The van der Waals surface area contributed by atoms with E-state index in [-0.39, 0.29) is 5.78 Å². The highest BCUT2D eigenvalue weighted by Crippen LogP contribution is 2.31. The lowest BCUT2D eigenvalue weighted by Crippen LogP contribution is -1.99. The van der Waals surface area contributed by atoms with Crippen molar-refractivity contribution in [2.45, 2.75) is 19.4 Å². The monoisotopic (exact) mass is 288 g/mol. The normalized spacial score (nSPS) is 13.4. The molecule has 2 heteroatoms. The highest BCUT2D eigenvalue weighted by Gasteiger charge is 2.22. The van der Waals surface area contributed by atoms with Crippen molar-refractivity contribution >= 4 is 16.6 Å². The lowest BCUT2D eigenvalue weighted by molar-refractivity contribution is 0.0994. The fourth-order valence-corrected chi connectivity index (χ4v) is 3.17. The number of hydrogen-bond acceptors (Lipinski definition) is 2. The maximum atomic E-state index is 11.8. The zero-order chi connectivity index (χ0) is 14.9. The molecule has 0 heterocycles. The molecule has 108 valence electrons. The Morgan fingerprint density at radius 1 is 0.864 bits per heavy atom. The minimum atomic E-state index is 0.227. The molecule has 4 rings (SSSR count). The maximum Gasteiger partial charge on any atom is 0.163 e. The van der Waals surface area contributed by atoms with Crippen molar-refractivity contribution in [1.29, 1.82) is 0 Å². The molecule has 0 N–H and O–H groups in total. The van der Waals surface area contributed by atoms with Gasteiger partial charge in [0.25, 0.3) is 0 Å². The van der Waals surface area contributed by atoms with Crippen molar-refractivity contribution < 1.29 is 9.53 Å². The van der Waals surface area contributed by atoms with Crippen molar-refractivity contribution in [3.8, 4) is 5.75 Å². The van der Waals surface area contributed by atoms with Crippen LogP contribution in [0.4, 0.5) is 0 Å². The molecule has 3 aromatic rings. The second-order valence-corrected chi connectivity index (χ2v) is 5.63. The van der Waals surface area contributed by atoms with Crippen molar-refractivity contribution in [3.05, 3.63) is 77.4 Å². The second-order valence-electron chi connectivity index (χ2n) is 5.63. The van der Waals surface area contributed by atoms with Crippen LogP contribution in [-0.4, -0.2) is 5.78 Å². The maximum absolute atomic E-state index is 11.8. The number of rotatable bonds is 3. The van der Waals surface area contributed by atoms with Crippen molar-refractivity contribution in [2.75, 3.05) is 0 Å². The summed E-state index contributed by atoms with van der Waals surface area (Å²) in [4.78, 5) is 11.8. The van der Waals surface area contributed by atoms with Crippen LogP contribution in [0.1, 0.15) is 27.9 Å². The lowest BCUT2D eigenvalue weighted by Gasteiger charge is -2.12. The molecule has 22 heavy (non-hydrogen) atoms. The third-order valence-corrected chi connectivity index (χ3v) is 4.30. The number of ether oxygens (including phenoxy) is 1. The Kier molecular flexibility index (Phi) is 3.15. The third kappa shape index (κ3) is 2.17. The van der Waals surface area contributed by atoms with Crippen LogP contribution in [0, 0.1) is 0 Å². The van der Waals surface area contributed by atoms with Gasteiger partial charge in [-0.1, -0.05) is 54.6 Å². The Morgan fingerprint density at radius 3 is 2.64 bits per heavy atom. The molecule has 0 aliphatic heterocycles. The summed E-state index contributed by atoms with van der Waals surface area (Å²) < 4.78 is 6.04. The Hall–Kier alpha value is -2.61. The summed E-state index contributed by atoms with van der Waals surface area (Å²) in [7, 11) is 0. The van der Waals surface area contributed by atoms with E-state index in [0.29, 0.717) is 13.0 Å². The fourth-order valence-electron chi connectivity index (χ4n) is 3.17. The molecule has 0 spiro atoms. The van der Waals surface area contributed by atoms with Gasteiger partial charge >= 0.3 is 0 Å². The molecule has 2 nitrogen and oxygen atoms in total. The SMILES string of the molecule is O=C1CCc2c(OCc3cccc4ccccc34)cccc21. The number of fused-ring (bicyclic) bond motifs is 2. The first kappa shape index (κ1) is 13.1. The molecule has 1 aliphatic rings. The predicted molar refractivity (Wildman–Crippen MR) is 87.4 cm³/mol. The van der Waals surface area contributed by atoms with E-state index in [1.165, 1.54) is 16.3 Å². The molecule has 0 saturated heterocycles. The number of Topliss-reactive ketones (excluding diaryl/α,β-unsaturated/α-hetero) is 1. The van der Waals surface area contributed by atoms with Gasteiger partial charge in [-0.15, -0.1) is 0 Å². The smallest absolute Gasteiger partial charge is 0.163 e. The van der Waals surface area contributed by atoms with Gasteiger partial charge < -0.3 is 4.74 Å². The highest BCUT2D eigenvalue weighted by molar-refractivity contribution is 6.01. The van der Waals surface area contributed by atoms with Gasteiger partial charge in [0.2, 0.25) is 0 Å². The van der Waals surface area contributed by atoms with Crippen molar-refractivity contribution in [1.82, 2.24) is 0 Å². The van der Waals surface area contributed by atoms with Gasteiger partial charge in [0.05, 0.1) is 0 Å². The first-order chi connectivity index (χ1) is 10.8. The molecule has 0 aromatic heterocycles. The molecule has 3 aromatic carbocycles. The average Bonchev–Trinajstić information content (AvgIpc) is 2.95. The molecule has 1 aliphatic carbocycles. The second kappa shape index (κ2) is 5.30. The van der Waals surface area contributed by atoms with Crippen LogP contribution in [0.25, 0.3) is 10.8 Å². The van der Waals surface area contributed by atoms with Gasteiger partial charge in [0, 0.05) is 17.5 Å². The van der Waals surface area contributed by atoms with Crippen LogP contribution in [0.15, 0.2) is 60.7 Å². The zero-order valence-electron chi connectivity index (χ0n) is 12.2. The van der Waals surface area contributed by atoms with E-state index in [0.717, 1.165) is 23.3 Å². The summed E-state index contributed by atoms with van der Waals surface area (Å²) in [5.74, 6) is 1.07. The Morgan fingerprint density at radius 2 is 1.68 bits per heavy atom. The largest absolute Gasteiger partial charge is 0.489 e. The molecule has 0 radical (unpaired) electrons. The first-order valence-electron chi connectivity index (χ1n) is 7.57. The molecule has 0 saturated carbocycles. The van der Waals surface area contributed by atoms with Crippen LogP contribution < -0.4 is 4.74 Å². The van der Waals surface area contributed by atoms with Crippen LogP contribution in [0.3, 0.4) is 0 Å². The van der Waals surface area contributed by atoms with E-state index < -0.39 is 0 Å². The molecular weight excluding hydrogens is 272 g/mol. The third-order valence-electron chi connectivity index (χ3n) is 4.30. The molecule has 0 unspecified atom stereocenters. The van der Waals surface area contributed by atoms with E-state index in [1.807, 2.05) is 30.3 Å². The van der Waals surface area contributed by atoms with Crippen LogP contribution in [0.5, 0.6) is 5.75 Å². The Labute approximate surface area is 129 Å². The summed E-state index contributed by atoms with van der Waals surface area (Å²) in [6, 6.07) is 20.3. The first-order valence-corrected chi connectivity index (χ1v) is 7.57. The Balaban J connectivity index is 1.65. The van der Waals surface area contributed by atoms with E-state index in [4.69, 9.17) is 4.74 Å². The zero-order valence-corrected chi connectivity index (χ0v) is 12.2. The average molecular weight is 288 g/mol. The van der Waals surface area contributed by atoms with Gasteiger partial charge in [-0.05, 0) is 28.8 Å². The van der Waals surface area contributed by atoms with Gasteiger partial charge in [0.15, 0.2) is 5.78 Å². The minimum Gasteiger partial charge on any atom is -0.489 e. The Bertz CT molecular complexity index is 859. The van der Waals surface area contributed by atoms with E-state index >= 15 is 0 Å². The van der Waals surface area contributed by atoms with E-state index in [9.17, 15) is 4.79 Å². The van der Waals surface area contributed by atoms with Gasteiger partial charge in [-0.25, -0.2) is 0 Å². The summed E-state index contributed by atoms with van der Waals surface area (Å²) in [6.07, 6.45) is 1.39. The number of ketones is 1. The minimum absolute atomic E-state index is 0.227. The molecule has 0 atom stereocenters. The van der Waals surface area contributed by atoms with E-state index in [1.54, 1.807) is 0 Å². The topological polar surface area (TPSA) is 26.3 Å². The predicted octanol–water partition coefficient (Wildman–Crippen LogP) is 4.55. The quantitative estimate of drug-likeness (QED) is 0.707. The summed E-state index contributed by atoms with van der Waals surface area (Å²) in [5, 5.41) is 2.44. The van der Waals surface area contributed by atoms with Gasteiger partial charge in [0.1, 0.15) is 12.4 Å². The standard InChI is InChI=1S/C20H16O2/c21-19-12-11-18-17(19)9-4-10-20(18)22-13-15-7-3-6-14-5-1-2-8-16(14)15/h1-10H,11-13H2. The summed E-state index contributed by atoms with van der Waals surface area (Å²) >= 11 is 0. The highest BCUT2D eigenvalue weighted by atomic mass is 16.5. The molecule has 0 fully saturated rings. The number of hydrogen-bond donors (Lipinski definition) is 0. The summed E-state index contributed by atoms with van der Waals surface area (Å²) in [6.45, 7) is 0.520. The number of carbonyl (C=O) groups excluding carboxylic acids is 1. The number of benzene rings is 3. The van der Waals surface area contributed by atoms with Crippen LogP contribution in [-0.2, 0) is 13.0 Å². The summed E-state index contributed by atoms with van der Waals surface area (Å²) in [5.41, 5.74) is 3.06. The molecule has 0 bridgehead atoms. The molecule has 0 amide bonds. The van der Waals surface area contributed by atoms with Gasteiger partial charge in [-0.2, -0.15) is 0 Å². The lowest BCUT2D eigenvalue weighted by atomic mass is 10.1. The van der Waals surface area contributed by atoms with E-state index in [2.05, 4.69) is 30.3 Å². The fraction of sp³-hybridized carbons (Fsp3) is 0.150. The van der Waals surface area contributed by atoms with Crippen molar-refractivity contribution in [3.63, 3.8) is 0 Å². The van der Waals surface area contributed by atoms with Gasteiger partial charge in [-0.3, -0.25) is 4.79 Å².